The predicted molar refractivity (Wildman–Crippen MR) is 343 cm³/mol. The van der Waals surface area contributed by atoms with Crippen molar-refractivity contribution in [3.05, 3.63) is 29.8 Å². The van der Waals surface area contributed by atoms with E-state index in [0.717, 1.165) is 24.5 Å². The molecule has 2 unspecified atom stereocenters. The number of carbonyl (C=O) groups excluding carboxylic acids is 11. The summed E-state index contributed by atoms with van der Waals surface area (Å²) in [5.74, 6) is -9.68. The van der Waals surface area contributed by atoms with Crippen LogP contribution in [0.2, 0.25) is 0 Å². The first-order valence-corrected chi connectivity index (χ1v) is 31.4. The highest BCUT2D eigenvalue weighted by atomic mass is 16.6. The van der Waals surface area contributed by atoms with Gasteiger partial charge in [0.1, 0.15) is 72.3 Å². The van der Waals surface area contributed by atoms with Crippen molar-refractivity contribution in [3.8, 4) is 5.75 Å². The zero-order valence-corrected chi connectivity index (χ0v) is 59.0. The van der Waals surface area contributed by atoms with Crippen molar-refractivity contribution in [1.29, 1.82) is 0 Å². The van der Waals surface area contributed by atoms with E-state index in [0.29, 0.717) is 17.7 Å². The first kappa shape index (κ1) is 80.2. The molecule has 0 saturated carbocycles. The van der Waals surface area contributed by atoms with Crippen LogP contribution in [0.4, 0.5) is 0 Å². The van der Waals surface area contributed by atoms with Crippen molar-refractivity contribution in [3.63, 3.8) is 0 Å². The molecule has 516 valence electrons. The Labute approximate surface area is 540 Å². The van der Waals surface area contributed by atoms with Gasteiger partial charge in [0.05, 0.1) is 20.3 Å². The van der Waals surface area contributed by atoms with Crippen molar-refractivity contribution >= 4 is 65.1 Å². The van der Waals surface area contributed by atoms with E-state index >= 15 is 19.2 Å². The number of ether oxygens (including phenoxy) is 5. The van der Waals surface area contributed by atoms with Gasteiger partial charge < -0.3 is 68.6 Å². The molecular weight excluding hydrogens is 1180 g/mol. The van der Waals surface area contributed by atoms with Crippen LogP contribution in [0.3, 0.4) is 0 Å². The van der Waals surface area contributed by atoms with E-state index < -0.39 is 156 Å². The van der Waals surface area contributed by atoms with E-state index in [1.165, 1.54) is 101 Å². The van der Waals surface area contributed by atoms with Gasteiger partial charge in [0, 0.05) is 70.0 Å². The summed E-state index contributed by atoms with van der Waals surface area (Å²) in [6, 6.07) is -6.41. The number of rotatable bonds is 24. The quantitative estimate of drug-likeness (QED) is 0.141. The number of methoxy groups -OCH3 is 3. The van der Waals surface area contributed by atoms with Gasteiger partial charge in [-0.3, -0.25) is 52.8 Å². The summed E-state index contributed by atoms with van der Waals surface area (Å²) in [5.41, 5.74) is 0.597. The summed E-state index contributed by atoms with van der Waals surface area (Å²) in [6.45, 7) is 21.4. The van der Waals surface area contributed by atoms with Gasteiger partial charge in [-0.15, -0.1) is 0 Å². The van der Waals surface area contributed by atoms with Gasteiger partial charge in [0.2, 0.25) is 47.3 Å². The second kappa shape index (κ2) is 36.3. The highest BCUT2D eigenvalue weighted by molar-refractivity contribution is 5.99. The minimum atomic E-state index is -1.79. The van der Waals surface area contributed by atoms with Gasteiger partial charge in [-0.2, -0.15) is 0 Å². The Kier molecular flexibility index (Phi) is 32.0. The molecule has 91 heavy (non-hydrogen) atoms. The molecule has 1 aromatic rings. The number of cyclic esters (lactones) is 1. The van der Waals surface area contributed by atoms with Crippen molar-refractivity contribution in [2.24, 2.45) is 29.6 Å². The molecule has 13 atom stereocenters. The number of nitrogens with zero attached hydrogens (tertiary/aromatic N) is 8. The van der Waals surface area contributed by atoms with E-state index in [1.54, 1.807) is 64.0 Å². The van der Waals surface area contributed by atoms with Crippen LogP contribution in [0.25, 0.3) is 0 Å². The van der Waals surface area contributed by atoms with Gasteiger partial charge in [-0.05, 0) is 95.0 Å². The fourth-order valence-corrected chi connectivity index (χ4v) is 11.3. The van der Waals surface area contributed by atoms with Crippen LogP contribution in [0.1, 0.15) is 115 Å². The topological polar surface area (TPSA) is 284 Å². The van der Waals surface area contributed by atoms with Gasteiger partial charge in [0.15, 0.2) is 6.10 Å². The number of likely N-dealkylation sites (N-methyl/N-ethyl adjacent to an activating group) is 8. The second-order valence-corrected chi connectivity index (χ2v) is 26.1. The predicted octanol–water partition coefficient (Wildman–Crippen LogP) is 2.57. The average molecular weight is 1290 g/mol. The smallest absolute Gasteiger partial charge is 0.328 e. The maximum absolute atomic E-state index is 15.6. The Bertz CT molecular complexity index is 2630. The Balaban J connectivity index is 3.02. The largest absolute Gasteiger partial charge is 0.497 e. The lowest BCUT2D eigenvalue weighted by Crippen LogP contribution is -2.64. The van der Waals surface area contributed by atoms with Crippen LogP contribution in [-0.4, -0.2) is 275 Å². The number of nitrogens with one attached hydrogen (secondary N) is 2. The van der Waals surface area contributed by atoms with Crippen molar-refractivity contribution < 1.29 is 76.4 Å². The molecule has 2 N–H and O–H groups in total. The van der Waals surface area contributed by atoms with Crippen molar-refractivity contribution in [1.82, 2.24) is 49.8 Å². The fourth-order valence-electron chi connectivity index (χ4n) is 11.3. The van der Waals surface area contributed by atoms with E-state index in [1.807, 2.05) is 48.5 Å². The molecule has 0 aromatic heterocycles. The summed E-state index contributed by atoms with van der Waals surface area (Å²) in [5, 5.41) is 5.63. The lowest BCUT2D eigenvalue weighted by molar-refractivity contribution is -0.171. The number of hydrogen-bond donors (Lipinski definition) is 2. The molecule has 9 amide bonds. The third-order valence-corrected chi connectivity index (χ3v) is 17.2. The molecule has 1 saturated heterocycles. The van der Waals surface area contributed by atoms with Crippen LogP contribution in [0.5, 0.6) is 5.75 Å². The summed E-state index contributed by atoms with van der Waals surface area (Å²) < 4.78 is 28.5. The Morgan fingerprint density at radius 2 is 1.19 bits per heavy atom. The molecule has 26 heteroatoms. The molecule has 1 aliphatic rings. The standard InChI is InChI=1S/C65H110N10O16/c1-26-40(10)52-56(77)66-41(11)57(78)70(17)47(31-36(2)3)55(76)67-46(33-44-27-29-45(89-25)30-28-44)58(79)69(16)42(12)64(85)90-43(13)53(62(83)72(19)50(35-88-24)61(82)74(52)21)75(22)59(80)48(32-37(4)5)71(18)60(81)49(34-87-23)73(20)63(84)54(39(8)9)91-65(86)51(38(6)7)68(14)15/h27-30,36-43,46-54H,26,31-35H2,1-25H3,(H,66,77)(H,67,76)/t40?,41-,42-,43+,46-,47-,48-,49-,50-,51-,52-,53-,54?/m0/s1. The van der Waals surface area contributed by atoms with Crippen molar-refractivity contribution in [2.45, 2.75) is 188 Å². The second-order valence-electron chi connectivity index (χ2n) is 26.1. The molecule has 1 heterocycles. The maximum Gasteiger partial charge on any atom is 0.328 e. The molecule has 0 bridgehead atoms. The number of esters is 2. The first-order valence-electron chi connectivity index (χ1n) is 31.4. The van der Waals surface area contributed by atoms with Crippen LogP contribution in [0, 0.1) is 29.6 Å². The third-order valence-electron chi connectivity index (χ3n) is 17.2. The molecule has 0 spiro atoms. The van der Waals surface area contributed by atoms with Crippen molar-refractivity contribution in [2.75, 3.05) is 98.0 Å². The SMILES string of the molecule is CCC(C)[C@H]1C(=O)N[C@@H](C)C(=O)N(C)[C@@H](CC(C)C)C(=O)N[C@@H](Cc2ccc(OC)cc2)C(=O)N(C)[C@@H](C)C(=O)O[C@H](C)[C@H](N(C)C(=O)[C@H](CC(C)C)N(C)C(=O)[C@H](COC)N(C)C(=O)C(OC(=O)[C@H](C(C)C)N(C)C)C(C)C)C(=O)N(C)[C@@H](COC)C(=O)N1C. The average Bonchev–Trinajstić information content (AvgIpc) is 0.922. The highest BCUT2D eigenvalue weighted by Crippen LogP contribution is 2.25. The number of amides is 9. The zero-order chi connectivity index (χ0) is 70.0. The monoisotopic (exact) mass is 1290 g/mol. The fraction of sp³-hybridized carbons (Fsp3) is 0.738. The summed E-state index contributed by atoms with van der Waals surface area (Å²) in [4.78, 5) is 172. The van der Waals surface area contributed by atoms with Crippen LogP contribution in [0.15, 0.2) is 24.3 Å². The van der Waals surface area contributed by atoms with Crippen LogP contribution < -0.4 is 15.4 Å². The molecule has 1 fully saturated rings. The van der Waals surface area contributed by atoms with E-state index in [2.05, 4.69) is 10.6 Å². The first-order chi connectivity index (χ1) is 42.3. The lowest BCUT2D eigenvalue weighted by Gasteiger charge is -2.41. The molecule has 1 aromatic carbocycles. The zero-order valence-electron chi connectivity index (χ0n) is 59.0. The van der Waals surface area contributed by atoms with E-state index in [9.17, 15) is 33.6 Å². The molecule has 2 rings (SSSR count). The number of benzene rings is 1. The number of hydrogen-bond acceptors (Lipinski definition) is 17. The summed E-state index contributed by atoms with van der Waals surface area (Å²) >= 11 is 0. The summed E-state index contributed by atoms with van der Waals surface area (Å²) in [7, 11) is 17.0. The normalized spacial score (nSPS) is 23.3. The van der Waals surface area contributed by atoms with Gasteiger partial charge >= 0.3 is 11.9 Å². The summed E-state index contributed by atoms with van der Waals surface area (Å²) in [6.07, 6.45) is -2.49. The molecule has 0 aliphatic carbocycles. The van der Waals surface area contributed by atoms with Gasteiger partial charge in [0.25, 0.3) is 5.91 Å². The Hall–Kier alpha value is -6.93. The third kappa shape index (κ3) is 21.0. The molecule has 26 nitrogen and oxygen atoms in total. The minimum absolute atomic E-state index is 0.00735. The Morgan fingerprint density at radius 3 is 1.67 bits per heavy atom. The Morgan fingerprint density at radius 1 is 0.626 bits per heavy atom. The minimum Gasteiger partial charge on any atom is -0.497 e. The molecular formula is C65H110N10O16. The maximum atomic E-state index is 15.6. The van der Waals surface area contributed by atoms with Gasteiger partial charge in [-0.25, -0.2) is 4.79 Å². The molecule has 1 aliphatic heterocycles. The lowest BCUT2D eigenvalue weighted by atomic mass is 9.95. The van der Waals surface area contributed by atoms with E-state index in [-0.39, 0.29) is 43.6 Å². The number of carbonyl (C=O) groups is 11. The highest BCUT2D eigenvalue weighted by Gasteiger charge is 2.47. The molecule has 0 radical (unpaired) electrons. The van der Waals surface area contributed by atoms with Crippen LogP contribution in [-0.2, 0) is 78.1 Å². The van der Waals surface area contributed by atoms with Crippen LogP contribution >= 0.6 is 0 Å². The van der Waals surface area contributed by atoms with E-state index in [4.69, 9.17) is 23.7 Å². The van der Waals surface area contributed by atoms with Gasteiger partial charge in [-0.1, -0.05) is 87.8 Å².